The third-order valence-electron chi connectivity index (χ3n) is 2.58. The summed E-state index contributed by atoms with van der Waals surface area (Å²) in [6.45, 7) is 0. The van der Waals surface area contributed by atoms with Crippen LogP contribution in [0.4, 0.5) is 0 Å². The van der Waals surface area contributed by atoms with Crippen molar-refractivity contribution in [2.75, 3.05) is 7.11 Å². The molecule has 1 aromatic carbocycles. The van der Waals surface area contributed by atoms with Gasteiger partial charge in [0.25, 0.3) is 0 Å². The summed E-state index contributed by atoms with van der Waals surface area (Å²) in [7, 11) is 1.75. The van der Waals surface area contributed by atoms with Crippen LogP contribution in [-0.4, -0.2) is 12.2 Å². The fourth-order valence-corrected chi connectivity index (χ4v) is 1.64. The summed E-state index contributed by atoms with van der Waals surface area (Å²) in [6.07, 6.45) is 9.87. The predicted octanol–water partition coefficient (Wildman–Crippen LogP) is 4.31. The van der Waals surface area contributed by atoms with Crippen LogP contribution >= 0.6 is 0 Å². The SMILES string of the molecule is COC1=CCCCC1.OC=Cc1ccccc1. The van der Waals surface area contributed by atoms with E-state index >= 15 is 0 Å². The molecule has 0 spiro atoms. The number of methoxy groups -OCH3 is 1. The fourth-order valence-electron chi connectivity index (χ4n) is 1.64. The highest BCUT2D eigenvalue weighted by atomic mass is 16.5. The molecule has 1 aromatic rings. The Kier molecular flexibility index (Phi) is 6.64. The van der Waals surface area contributed by atoms with Crippen molar-refractivity contribution in [2.24, 2.45) is 0 Å². The molecule has 0 heterocycles. The first-order valence-corrected chi connectivity index (χ1v) is 5.95. The molecule has 17 heavy (non-hydrogen) atoms. The van der Waals surface area contributed by atoms with Gasteiger partial charge in [-0.1, -0.05) is 30.3 Å². The second kappa shape index (κ2) is 8.45. The molecule has 0 atom stereocenters. The van der Waals surface area contributed by atoms with Gasteiger partial charge in [0.15, 0.2) is 0 Å². The average molecular weight is 232 g/mol. The van der Waals surface area contributed by atoms with Crippen LogP contribution < -0.4 is 0 Å². The number of aliphatic hydroxyl groups excluding tert-OH is 1. The van der Waals surface area contributed by atoms with E-state index in [2.05, 4.69) is 6.08 Å². The Hall–Kier alpha value is -1.70. The molecule has 0 radical (unpaired) electrons. The van der Waals surface area contributed by atoms with Gasteiger partial charge in [-0.05, 0) is 37.0 Å². The maximum absolute atomic E-state index is 8.34. The minimum atomic E-state index is 1.01. The lowest BCUT2D eigenvalue weighted by molar-refractivity contribution is 0.266. The Morgan fingerprint density at radius 1 is 1.18 bits per heavy atom. The van der Waals surface area contributed by atoms with Gasteiger partial charge in [0.05, 0.1) is 19.1 Å². The van der Waals surface area contributed by atoms with Crippen molar-refractivity contribution in [1.29, 1.82) is 0 Å². The van der Waals surface area contributed by atoms with Crippen molar-refractivity contribution in [3.8, 4) is 0 Å². The molecular formula is C15H20O2. The van der Waals surface area contributed by atoms with Crippen LogP contribution in [0.25, 0.3) is 6.08 Å². The smallest absolute Gasteiger partial charge is 0.0915 e. The second-order valence-electron chi connectivity index (χ2n) is 3.85. The molecule has 1 N–H and O–H groups in total. The molecule has 92 valence electrons. The van der Waals surface area contributed by atoms with Gasteiger partial charge < -0.3 is 9.84 Å². The van der Waals surface area contributed by atoms with Crippen LogP contribution in [0.1, 0.15) is 31.2 Å². The van der Waals surface area contributed by atoms with E-state index in [-0.39, 0.29) is 0 Å². The lowest BCUT2D eigenvalue weighted by Gasteiger charge is -2.09. The van der Waals surface area contributed by atoms with E-state index in [1.807, 2.05) is 30.3 Å². The standard InChI is InChI=1S/C8H8O.C7H12O/c9-7-6-8-4-2-1-3-5-8;1-8-7-5-3-2-4-6-7/h1-7,9H;5H,2-4,6H2,1H3. The maximum atomic E-state index is 8.34. The molecule has 2 nitrogen and oxygen atoms in total. The lowest BCUT2D eigenvalue weighted by atomic mass is 10.1. The van der Waals surface area contributed by atoms with Crippen molar-refractivity contribution in [3.63, 3.8) is 0 Å². The number of aliphatic hydroxyl groups is 1. The van der Waals surface area contributed by atoms with Crippen LogP contribution in [0.3, 0.4) is 0 Å². The molecule has 0 bridgehead atoms. The highest BCUT2D eigenvalue weighted by Crippen LogP contribution is 2.16. The zero-order chi connectivity index (χ0) is 12.3. The molecule has 0 saturated carbocycles. The second-order valence-corrected chi connectivity index (χ2v) is 3.85. The first kappa shape index (κ1) is 13.4. The zero-order valence-electron chi connectivity index (χ0n) is 10.3. The molecular weight excluding hydrogens is 212 g/mol. The Bertz CT molecular complexity index is 352. The average Bonchev–Trinajstić information content (AvgIpc) is 2.42. The van der Waals surface area contributed by atoms with Crippen LogP contribution in [0.5, 0.6) is 0 Å². The van der Waals surface area contributed by atoms with E-state index < -0.39 is 0 Å². The van der Waals surface area contributed by atoms with Gasteiger partial charge in [-0.3, -0.25) is 0 Å². The summed E-state index contributed by atoms with van der Waals surface area (Å²) >= 11 is 0. The Labute approximate surface area is 103 Å². The van der Waals surface area contributed by atoms with Gasteiger partial charge >= 0.3 is 0 Å². The summed E-state index contributed by atoms with van der Waals surface area (Å²) in [6, 6.07) is 9.64. The summed E-state index contributed by atoms with van der Waals surface area (Å²) < 4.78 is 5.05. The molecule has 0 unspecified atom stereocenters. The Morgan fingerprint density at radius 3 is 2.41 bits per heavy atom. The molecule has 0 fully saturated rings. The zero-order valence-corrected chi connectivity index (χ0v) is 10.3. The molecule has 0 saturated heterocycles. The summed E-state index contributed by atoms with van der Waals surface area (Å²) in [5.41, 5.74) is 1.01. The number of allylic oxidation sites excluding steroid dienone is 2. The summed E-state index contributed by atoms with van der Waals surface area (Å²) in [4.78, 5) is 0. The Morgan fingerprint density at radius 2 is 1.94 bits per heavy atom. The largest absolute Gasteiger partial charge is 0.516 e. The van der Waals surface area contributed by atoms with Gasteiger partial charge in [0.2, 0.25) is 0 Å². The van der Waals surface area contributed by atoms with Crippen molar-refractivity contribution in [2.45, 2.75) is 25.7 Å². The molecule has 0 aromatic heterocycles. The number of ether oxygens (including phenoxy) is 1. The quantitative estimate of drug-likeness (QED) is 0.770. The van der Waals surface area contributed by atoms with Crippen LogP contribution in [0.2, 0.25) is 0 Å². The van der Waals surface area contributed by atoms with E-state index in [0.717, 1.165) is 18.2 Å². The predicted molar refractivity (Wildman–Crippen MR) is 71.7 cm³/mol. The van der Waals surface area contributed by atoms with E-state index in [1.54, 1.807) is 13.2 Å². The van der Waals surface area contributed by atoms with Crippen LogP contribution in [-0.2, 0) is 4.74 Å². The molecule has 2 rings (SSSR count). The summed E-state index contributed by atoms with van der Waals surface area (Å²) in [5, 5.41) is 8.34. The van der Waals surface area contributed by atoms with Crippen molar-refractivity contribution >= 4 is 6.08 Å². The Balaban J connectivity index is 0.000000171. The topological polar surface area (TPSA) is 29.5 Å². The minimum absolute atomic E-state index is 1.01. The molecule has 1 aliphatic carbocycles. The molecule has 0 amide bonds. The number of hydrogen-bond donors (Lipinski definition) is 1. The highest BCUT2D eigenvalue weighted by molar-refractivity contribution is 5.47. The minimum Gasteiger partial charge on any atom is -0.516 e. The highest BCUT2D eigenvalue weighted by Gasteiger charge is 2.00. The maximum Gasteiger partial charge on any atom is 0.0915 e. The summed E-state index contributed by atoms with van der Waals surface area (Å²) in [5.74, 6) is 1.18. The normalized spacial score (nSPS) is 14.8. The molecule has 2 heteroatoms. The van der Waals surface area contributed by atoms with Crippen molar-refractivity contribution in [1.82, 2.24) is 0 Å². The van der Waals surface area contributed by atoms with Gasteiger partial charge in [-0.2, -0.15) is 0 Å². The first-order chi connectivity index (χ1) is 8.36. The fraction of sp³-hybridized carbons (Fsp3) is 0.333. The molecule has 0 aliphatic heterocycles. The number of benzene rings is 1. The van der Waals surface area contributed by atoms with E-state index in [0.29, 0.717) is 0 Å². The first-order valence-electron chi connectivity index (χ1n) is 5.95. The van der Waals surface area contributed by atoms with Gasteiger partial charge in [-0.15, -0.1) is 0 Å². The van der Waals surface area contributed by atoms with E-state index in [4.69, 9.17) is 9.84 Å². The van der Waals surface area contributed by atoms with Crippen molar-refractivity contribution < 1.29 is 9.84 Å². The van der Waals surface area contributed by atoms with Gasteiger partial charge in [0, 0.05) is 6.42 Å². The van der Waals surface area contributed by atoms with E-state index in [9.17, 15) is 0 Å². The van der Waals surface area contributed by atoms with Gasteiger partial charge in [-0.25, -0.2) is 0 Å². The van der Waals surface area contributed by atoms with Crippen LogP contribution in [0.15, 0.2) is 48.4 Å². The number of rotatable bonds is 2. The third kappa shape index (κ3) is 5.81. The van der Waals surface area contributed by atoms with Crippen LogP contribution in [0, 0.1) is 0 Å². The van der Waals surface area contributed by atoms with E-state index in [1.165, 1.54) is 25.0 Å². The van der Waals surface area contributed by atoms with Gasteiger partial charge in [0.1, 0.15) is 0 Å². The monoisotopic (exact) mass is 232 g/mol. The third-order valence-corrected chi connectivity index (χ3v) is 2.58. The number of hydrogen-bond acceptors (Lipinski definition) is 2. The van der Waals surface area contributed by atoms with Crippen molar-refractivity contribution in [3.05, 3.63) is 54.0 Å². The molecule has 1 aliphatic rings. The lowest BCUT2D eigenvalue weighted by Crippen LogP contribution is -1.92.